The quantitative estimate of drug-likeness (QED) is 0.470. The average molecular weight is 483 g/mol. The Bertz CT molecular complexity index is 1020. The first-order chi connectivity index (χ1) is 16.6. The minimum absolute atomic E-state index is 0.0991. The molecule has 3 rings (SSSR count). The number of carboxylic acids is 1. The van der Waals surface area contributed by atoms with Crippen molar-refractivity contribution in [3.8, 4) is 11.1 Å². The lowest BCUT2D eigenvalue weighted by Crippen LogP contribution is -2.54. The first kappa shape index (κ1) is 26.2. The van der Waals surface area contributed by atoms with Crippen LogP contribution in [0.2, 0.25) is 0 Å². The molecular weight excluding hydrogens is 448 g/mol. The van der Waals surface area contributed by atoms with Crippen molar-refractivity contribution in [2.45, 2.75) is 64.1 Å². The van der Waals surface area contributed by atoms with Gasteiger partial charge in [0.05, 0.1) is 12.2 Å². The maximum atomic E-state index is 12.8. The van der Waals surface area contributed by atoms with Gasteiger partial charge in [0.2, 0.25) is 5.91 Å². The fourth-order valence-corrected chi connectivity index (χ4v) is 4.12. The van der Waals surface area contributed by atoms with Crippen LogP contribution in [-0.2, 0) is 19.1 Å². The van der Waals surface area contributed by atoms with Gasteiger partial charge < -0.3 is 25.2 Å². The number of nitrogens with one attached hydrogen (secondary N) is 2. The van der Waals surface area contributed by atoms with Crippen LogP contribution in [-0.4, -0.2) is 54.0 Å². The standard InChI is InChI=1S/C27H34N2O6/c1-5-10-22(25(31)32)28-24(30)23(16-35-27(2,3)4)29-26(33)34-15-21-19-13-8-6-11-17(19)18-12-7-9-14-20(18)21/h6-9,11-14,21-23H,5,10,15-16H2,1-4H3,(H,28,30)(H,29,33)(H,31,32)/t22-,23+/m1/s1. The van der Waals surface area contributed by atoms with Crippen LogP contribution in [0.15, 0.2) is 48.5 Å². The predicted octanol–water partition coefficient (Wildman–Crippen LogP) is 4.08. The zero-order chi connectivity index (χ0) is 25.6. The predicted molar refractivity (Wildman–Crippen MR) is 132 cm³/mol. The van der Waals surface area contributed by atoms with E-state index >= 15 is 0 Å². The highest BCUT2D eigenvalue weighted by Crippen LogP contribution is 2.44. The molecule has 8 heteroatoms. The summed E-state index contributed by atoms with van der Waals surface area (Å²) in [5.41, 5.74) is 3.83. The van der Waals surface area contributed by atoms with Crippen molar-refractivity contribution in [2.24, 2.45) is 0 Å². The Labute approximate surface area is 206 Å². The number of carboxylic acid groups (broad SMARTS) is 1. The number of carbonyl (C=O) groups excluding carboxylic acids is 2. The second-order valence-corrected chi connectivity index (χ2v) is 9.63. The lowest BCUT2D eigenvalue weighted by Gasteiger charge is -2.26. The van der Waals surface area contributed by atoms with Gasteiger partial charge in [-0.05, 0) is 49.4 Å². The van der Waals surface area contributed by atoms with E-state index < -0.39 is 35.7 Å². The Balaban J connectivity index is 1.68. The molecular formula is C27H34N2O6. The van der Waals surface area contributed by atoms with E-state index in [0.717, 1.165) is 22.3 Å². The van der Waals surface area contributed by atoms with Crippen LogP contribution in [0.5, 0.6) is 0 Å². The van der Waals surface area contributed by atoms with Crippen molar-refractivity contribution < 1.29 is 29.0 Å². The molecule has 0 bridgehead atoms. The summed E-state index contributed by atoms with van der Waals surface area (Å²) < 4.78 is 11.3. The van der Waals surface area contributed by atoms with Gasteiger partial charge >= 0.3 is 12.1 Å². The summed E-state index contributed by atoms with van der Waals surface area (Å²) >= 11 is 0. The topological polar surface area (TPSA) is 114 Å². The summed E-state index contributed by atoms with van der Waals surface area (Å²) in [7, 11) is 0. The summed E-state index contributed by atoms with van der Waals surface area (Å²) in [5, 5.41) is 14.4. The Morgan fingerprint density at radius 1 is 0.943 bits per heavy atom. The molecule has 0 saturated carbocycles. The van der Waals surface area contributed by atoms with E-state index in [1.807, 2.05) is 76.2 Å². The number of amides is 2. The van der Waals surface area contributed by atoms with E-state index in [1.54, 1.807) is 0 Å². The molecule has 35 heavy (non-hydrogen) atoms. The van der Waals surface area contributed by atoms with Crippen molar-refractivity contribution >= 4 is 18.0 Å². The number of benzene rings is 2. The van der Waals surface area contributed by atoms with Crippen LogP contribution in [0.25, 0.3) is 11.1 Å². The van der Waals surface area contributed by atoms with E-state index in [1.165, 1.54) is 0 Å². The number of hydrogen-bond donors (Lipinski definition) is 3. The van der Waals surface area contributed by atoms with Crippen LogP contribution in [0.1, 0.15) is 57.6 Å². The highest BCUT2D eigenvalue weighted by Gasteiger charge is 2.31. The number of hydrogen-bond acceptors (Lipinski definition) is 5. The van der Waals surface area contributed by atoms with Crippen LogP contribution in [0, 0.1) is 0 Å². The minimum atomic E-state index is -1.13. The van der Waals surface area contributed by atoms with Gasteiger partial charge in [-0.1, -0.05) is 61.9 Å². The van der Waals surface area contributed by atoms with Gasteiger partial charge in [-0.15, -0.1) is 0 Å². The van der Waals surface area contributed by atoms with Crippen LogP contribution in [0.3, 0.4) is 0 Å². The Morgan fingerprint density at radius 2 is 1.51 bits per heavy atom. The van der Waals surface area contributed by atoms with E-state index in [9.17, 15) is 19.5 Å². The van der Waals surface area contributed by atoms with Gasteiger partial charge in [0.15, 0.2) is 0 Å². The van der Waals surface area contributed by atoms with Gasteiger partial charge in [0.1, 0.15) is 18.7 Å². The largest absolute Gasteiger partial charge is 0.480 e. The number of alkyl carbamates (subject to hydrolysis) is 1. The number of fused-ring (bicyclic) bond motifs is 3. The molecule has 3 N–H and O–H groups in total. The third-order valence-electron chi connectivity index (χ3n) is 5.83. The molecule has 0 saturated heterocycles. The summed E-state index contributed by atoms with van der Waals surface area (Å²) in [6.07, 6.45) is 0.0888. The van der Waals surface area contributed by atoms with Crippen molar-refractivity contribution in [1.29, 1.82) is 0 Å². The summed E-state index contributed by atoms with van der Waals surface area (Å²) in [6, 6.07) is 13.9. The lowest BCUT2D eigenvalue weighted by atomic mass is 9.98. The first-order valence-electron chi connectivity index (χ1n) is 11.9. The zero-order valence-electron chi connectivity index (χ0n) is 20.7. The lowest BCUT2D eigenvalue weighted by molar-refractivity contribution is -0.142. The molecule has 1 aliphatic carbocycles. The molecule has 2 amide bonds. The maximum Gasteiger partial charge on any atom is 0.407 e. The van der Waals surface area contributed by atoms with Gasteiger partial charge in [0.25, 0.3) is 0 Å². The van der Waals surface area contributed by atoms with Crippen LogP contribution in [0.4, 0.5) is 4.79 Å². The number of ether oxygens (including phenoxy) is 2. The fourth-order valence-electron chi connectivity index (χ4n) is 4.12. The van der Waals surface area contributed by atoms with Gasteiger partial charge in [-0.3, -0.25) is 4.79 Å². The molecule has 2 aromatic rings. The Hall–Kier alpha value is -3.39. The molecule has 8 nitrogen and oxygen atoms in total. The van der Waals surface area contributed by atoms with E-state index in [0.29, 0.717) is 6.42 Å². The SMILES string of the molecule is CCC[C@@H](NC(=O)[C@H](COC(C)(C)C)NC(=O)OCC1c2ccccc2-c2ccccc21)C(=O)O. The minimum Gasteiger partial charge on any atom is -0.480 e. The normalized spacial score (nSPS) is 14.4. The van der Waals surface area contributed by atoms with E-state index in [2.05, 4.69) is 10.6 Å². The van der Waals surface area contributed by atoms with Crippen LogP contribution >= 0.6 is 0 Å². The van der Waals surface area contributed by atoms with Crippen LogP contribution < -0.4 is 10.6 Å². The van der Waals surface area contributed by atoms with Crippen molar-refractivity contribution in [1.82, 2.24) is 10.6 Å². The monoisotopic (exact) mass is 482 g/mol. The van der Waals surface area contributed by atoms with Crippen molar-refractivity contribution in [2.75, 3.05) is 13.2 Å². The number of aliphatic carboxylic acids is 1. The molecule has 0 aromatic heterocycles. The zero-order valence-corrected chi connectivity index (χ0v) is 20.7. The highest BCUT2D eigenvalue weighted by molar-refractivity contribution is 5.89. The summed E-state index contributed by atoms with van der Waals surface area (Å²) in [5.74, 6) is -1.88. The Kier molecular flexibility index (Phi) is 8.51. The molecule has 2 atom stereocenters. The smallest absolute Gasteiger partial charge is 0.407 e. The first-order valence-corrected chi connectivity index (χ1v) is 11.9. The van der Waals surface area contributed by atoms with E-state index in [4.69, 9.17) is 9.47 Å². The molecule has 188 valence electrons. The molecule has 1 aliphatic rings. The second-order valence-electron chi connectivity index (χ2n) is 9.63. The summed E-state index contributed by atoms with van der Waals surface area (Å²) in [4.78, 5) is 37.1. The molecule has 0 heterocycles. The van der Waals surface area contributed by atoms with E-state index in [-0.39, 0.29) is 25.6 Å². The highest BCUT2D eigenvalue weighted by atomic mass is 16.5. The number of carbonyl (C=O) groups is 3. The average Bonchev–Trinajstić information content (AvgIpc) is 3.13. The van der Waals surface area contributed by atoms with Gasteiger partial charge in [-0.2, -0.15) is 0 Å². The molecule has 2 aromatic carbocycles. The van der Waals surface area contributed by atoms with Crippen molar-refractivity contribution in [3.05, 3.63) is 59.7 Å². The molecule has 0 unspecified atom stereocenters. The third-order valence-corrected chi connectivity index (χ3v) is 5.83. The number of rotatable bonds is 10. The van der Waals surface area contributed by atoms with Gasteiger partial charge in [-0.25, -0.2) is 9.59 Å². The summed E-state index contributed by atoms with van der Waals surface area (Å²) in [6.45, 7) is 7.28. The van der Waals surface area contributed by atoms with Crippen molar-refractivity contribution in [3.63, 3.8) is 0 Å². The molecule has 0 radical (unpaired) electrons. The second kappa shape index (κ2) is 11.4. The third kappa shape index (κ3) is 6.82. The Morgan fingerprint density at radius 3 is 2.03 bits per heavy atom. The fraction of sp³-hybridized carbons (Fsp3) is 0.444. The van der Waals surface area contributed by atoms with Gasteiger partial charge in [0, 0.05) is 5.92 Å². The maximum absolute atomic E-state index is 12.8. The molecule has 0 spiro atoms. The molecule has 0 fully saturated rings. The molecule has 0 aliphatic heterocycles.